The van der Waals surface area contributed by atoms with Crippen LogP contribution in [0.25, 0.3) is 0 Å². The van der Waals surface area contributed by atoms with E-state index in [2.05, 4.69) is 34.3 Å². The van der Waals surface area contributed by atoms with Gasteiger partial charge in [-0.2, -0.15) is 0 Å². The molecule has 0 saturated carbocycles. The van der Waals surface area contributed by atoms with Gasteiger partial charge in [-0.05, 0) is 50.1 Å². The van der Waals surface area contributed by atoms with E-state index in [1.807, 2.05) is 27.0 Å². The molecule has 2 rings (SSSR count). The predicted octanol–water partition coefficient (Wildman–Crippen LogP) is 3.04. The van der Waals surface area contributed by atoms with Crippen molar-refractivity contribution in [3.05, 3.63) is 46.4 Å². The normalized spacial score (nSPS) is 10.4. The summed E-state index contributed by atoms with van der Waals surface area (Å²) < 4.78 is 5.33. The molecule has 0 unspecified atom stereocenters. The van der Waals surface area contributed by atoms with Crippen LogP contribution in [-0.4, -0.2) is 24.1 Å². The monoisotopic (exact) mass is 271 g/mol. The van der Waals surface area contributed by atoms with E-state index in [0.29, 0.717) is 0 Å². The number of rotatable bonds is 4. The van der Waals surface area contributed by atoms with E-state index in [-0.39, 0.29) is 0 Å². The molecule has 0 saturated heterocycles. The maximum absolute atomic E-state index is 5.33. The number of hydrogen-bond acceptors (Lipinski definition) is 4. The van der Waals surface area contributed by atoms with Crippen LogP contribution >= 0.6 is 0 Å². The number of methoxy groups -OCH3 is 1. The second-order valence-electron chi connectivity index (χ2n) is 4.99. The zero-order valence-corrected chi connectivity index (χ0v) is 12.7. The Kier molecular flexibility index (Phi) is 4.23. The van der Waals surface area contributed by atoms with Crippen LogP contribution in [-0.2, 0) is 6.42 Å². The van der Waals surface area contributed by atoms with Gasteiger partial charge in [-0.25, -0.2) is 4.98 Å². The first-order valence-corrected chi connectivity index (χ1v) is 6.70. The summed E-state index contributed by atoms with van der Waals surface area (Å²) in [6, 6.07) is 6.24. The average Bonchev–Trinajstić information content (AvgIpc) is 2.39. The minimum atomic E-state index is 0.774. The second kappa shape index (κ2) is 5.90. The summed E-state index contributed by atoms with van der Waals surface area (Å²) in [5.41, 5.74) is 5.51. The van der Waals surface area contributed by atoms with Crippen molar-refractivity contribution in [1.29, 1.82) is 0 Å². The van der Waals surface area contributed by atoms with Crippen molar-refractivity contribution in [2.45, 2.75) is 27.2 Å². The summed E-state index contributed by atoms with van der Waals surface area (Å²) in [7, 11) is 3.51. The highest BCUT2D eigenvalue weighted by atomic mass is 16.5. The molecule has 0 aromatic carbocycles. The molecule has 1 N–H and O–H groups in total. The van der Waals surface area contributed by atoms with E-state index >= 15 is 0 Å². The molecular formula is C16H21N3O. The quantitative estimate of drug-likeness (QED) is 0.928. The molecule has 0 aliphatic carbocycles. The molecule has 0 bridgehead atoms. The fraction of sp³-hybridized carbons (Fsp3) is 0.375. The molecule has 2 heterocycles. The molecule has 4 nitrogen and oxygen atoms in total. The molecule has 0 radical (unpaired) electrons. The van der Waals surface area contributed by atoms with Crippen LogP contribution in [0.2, 0.25) is 0 Å². The maximum atomic E-state index is 5.33. The molecule has 4 heteroatoms. The number of aryl methyl sites for hydroxylation is 3. The number of pyridine rings is 2. The van der Waals surface area contributed by atoms with Gasteiger partial charge < -0.3 is 10.1 Å². The molecule has 2 aromatic rings. The van der Waals surface area contributed by atoms with Crippen LogP contribution in [0.5, 0.6) is 5.75 Å². The summed E-state index contributed by atoms with van der Waals surface area (Å²) in [5, 5.41) is 3.07. The Morgan fingerprint density at radius 1 is 1.05 bits per heavy atom. The Bertz CT molecular complexity index is 603. The SMILES string of the molecule is CNc1nc(Cc2cc(C)nc(C)c2)c(C)cc1OC. The third-order valence-corrected chi connectivity index (χ3v) is 3.25. The summed E-state index contributed by atoms with van der Waals surface area (Å²) >= 11 is 0. The summed E-state index contributed by atoms with van der Waals surface area (Å²) in [6.07, 6.45) is 0.800. The van der Waals surface area contributed by atoms with E-state index < -0.39 is 0 Å². The van der Waals surface area contributed by atoms with E-state index in [0.717, 1.165) is 40.6 Å². The number of hydrogen-bond donors (Lipinski definition) is 1. The van der Waals surface area contributed by atoms with Gasteiger partial charge in [-0.15, -0.1) is 0 Å². The van der Waals surface area contributed by atoms with Crippen molar-refractivity contribution >= 4 is 5.82 Å². The third-order valence-electron chi connectivity index (χ3n) is 3.25. The standard InChI is InChI=1S/C16H21N3O/c1-10-6-15(20-5)16(17-4)19-14(10)9-13-7-11(2)18-12(3)8-13/h6-8H,9H2,1-5H3,(H,17,19). The molecule has 0 aliphatic rings. The fourth-order valence-electron chi connectivity index (χ4n) is 2.36. The van der Waals surface area contributed by atoms with Crippen molar-refractivity contribution in [3.63, 3.8) is 0 Å². The smallest absolute Gasteiger partial charge is 0.168 e. The Labute approximate surface area is 120 Å². The summed E-state index contributed by atoms with van der Waals surface area (Å²) in [4.78, 5) is 9.07. The van der Waals surface area contributed by atoms with E-state index in [4.69, 9.17) is 4.74 Å². The second-order valence-corrected chi connectivity index (χ2v) is 4.99. The predicted molar refractivity (Wildman–Crippen MR) is 81.6 cm³/mol. The Hall–Kier alpha value is -2.10. The van der Waals surface area contributed by atoms with Crippen molar-refractivity contribution < 1.29 is 4.74 Å². The topological polar surface area (TPSA) is 47.0 Å². The van der Waals surface area contributed by atoms with E-state index in [1.165, 1.54) is 5.56 Å². The first-order chi connectivity index (χ1) is 9.53. The maximum Gasteiger partial charge on any atom is 0.168 e. The van der Waals surface area contributed by atoms with Crippen molar-refractivity contribution in [3.8, 4) is 5.75 Å². The molecule has 20 heavy (non-hydrogen) atoms. The van der Waals surface area contributed by atoms with Crippen LogP contribution in [0, 0.1) is 20.8 Å². The van der Waals surface area contributed by atoms with Gasteiger partial charge in [-0.1, -0.05) is 0 Å². The highest BCUT2D eigenvalue weighted by molar-refractivity contribution is 5.52. The number of aromatic nitrogens is 2. The van der Waals surface area contributed by atoms with Crippen LogP contribution < -0.4 is 10.1 Å². The minimum absolute atomic E-state index is 0.774. The van der Waals surface area contributed by atoms with Gasteiger partial charge in [0.2, 0.25) is 0 Å². The van der Waals surface area contributed by atoms with Gasteiger partial charge >= 0.3 is 0 Å². The number of nitrogens with one attached hydrogen (secondary N) is 1. The summed E-state index contributed by atoms with van der Waals surface area (Å²) in [6.45, 7) is 6.10. The Morgan fingerprint density at radius 2 is 1.70 bits per heavy atom. The largest absolute Gasteiger partial charge is 0.493 e. The zero-order valence-electron chi connectivity index (χ0n) is 12.7. The molecule has 0 atom stereocenters. The van der Waals surface area contributed by atoms with Gasteiger partial charge in [0, 0.05) is 24.9 Å². The molecule has 106 valence electrons. The Morgan fingerprint density at radius 3 is 2.25 bits per heavy atom. The van der Waals surface area contributed by atoms with Crippen molar-refractivity contribution in [2.75, 3.05) is 19.5 Å². The van der Waals surface area contributed by atoms with Crippen LogP contribution in [0.1, 0.15) is 28.2 Å². The van der Waals surface area contributed by atoms with E-state index in [1.54, 1.807) is 7.11 Å². The van der Waals surface area contributed by atoms with E-state index in [9.17, 15) is 0 Å². The van der Waals surface area contributed by atoms with Gasteiger partial charge in [-0.3, -0.25) is 4.98 Å². The van der Waals surface area contributed by atoms with Crippen molar-refractivity contribution in [1.82, 2.24) is 9.97 Å². The highest BCUT2D eigenvalue weighted by Crippen LogP contribution is 2.25. The zero-order chi connectivity index (χ0) is 14.7. The van der Waals surface area contributed by atoms with Crippen molar-refractivity contribution in [2.24, 2.45) is 0 Å². The summed E-state index contributed by atoms with van der Waals surface area (Å²) in [5.74, 6) is 1.55. The lowest BCUT2D eigenvalue weighted by atomic mass is 10.0. The number of anilines is 1. The lowest BCUT2D eigenvalue weighted by molar-refractivity contribution is 0.414. The number of nitrogens with zero attached hydrogens (tertiary/aromatic N) is 2. The molecule has 0 aliphatic heterocycles. The molecule has 0 fully saturated rings. The molecule has 0 spiro atoms. The lowest BCUT2D eigenvalue weighted by Crippen LogP contribution is -2.04. The van der Waals surface area contributed by atoms with Gasteiger partial charge in [0.05, 0.1) is 12.8 Å². The molecule has 2 aromatic heterocycles. The fourth-order valence-corrected chi connectivity index (χ4v) is 2.36. The first-order valence-electron chi connectivity index (χ1n) is 6.70. The lowest BCUT2D eigenvalue weighted by Gasteiger charge is -2.12. The minimum Gasteiger partial charge on any atom is -0.493 e. The molecular weight excluding hydrogens is 250 g/mol. The third kappa shape index (κ3) is 3.07. The number of ether oxygens (including phenoxy) is 1. The van der Waals surface area contributed by atoms with Gasteiger partial charge in [0.15, 0.2) is 11.6 Å². The van der Waals surface area contributed by atoms with Gasteiger partial charge in [0.25, 0.3) is 0 Å². The highest BCUT2D eigenvalue weighted by Gasteiger charge is 2.10. The van der Waals surface area contributed by atoms with Crippen LogP contribution in [0.3, 0.4) is 0 Å². The van der Waals surface area contributed by atoms with Gasteiger partial charge in [0.1, 0.15) is 0 Å². The first kappa shape index (κ1) is 14.3. The molecule has 0 amide bonds. The Balaban J connectivity index is 2.37. The van der Waals surface area contributed by atoms with Crippen LogP contribution in [0.15, 0.2) is 18.2 Å². The average molecular weight is 271 g/mol. The van der Waals surface area contributed by atoms with Crippen LogP contribution in [0.4, 0.5) is 5.82 Å².